The van der Waals surface area contributed by atoms with Gasteiger partial charge in [-0.15, -0.1) is 0 Å². The molecule has 6 heteroatoms. The van der Waals surface area contributed by atoms with E-state index < -0.39 is 0 Å². The van der Waals surface area contributed by atoms with Gasteiger partial charge in [-0.1, -0.05) is 13.8 Å². The zero-order chi connectivity index (χ0) is 12.4. The van der Waals surface area contributed by atoms with Gasteiger partial charge in [0, 0.05) is 11.9 Å². The van der Waals surface area contributed by atoms with E-state index >= 15 is 0 Å². The van der Waals surface area contributed by atoms with E-state index in [1.54, 1.807) is 6.20 Å². The lowest BCUT2D eigenvalue weighted by atomic mass is 10.2. The Kier molecular flexibility index (Phi) is 3.79. The van der Waals surface area contributed by atoms with Crippen LogP contribution in [0, 0.1) is 0 Å². The van der Waals surface area contributed by atoms with Gasteiger partial charge in [-0.3, -0.25) is 0 Å². The van der Waals surface area contributed by atoms with Crippen LogP contribution >= 0.6 is 27.5 Å². The maximum atomic E-state index is 5.82. The van der Waals surface area contributed by atoms with Gasteiger partial charge in [0.1, 0.15) is 0 Å². The van der Waals surface area contributed by atoms with Gasteiger partial charge in [-0.05, 0) is 46.4 Å². The molecule has 90 valence electrons. The summed E-state index contributed by atoms with van der Waals surface area (Å²) in [6.45, 7) is 4.16. The van der Waals surface area contributed by atoms with Gasteiger partial charge in [0.05, 0.1) is 10.2 Å². The summed E-state index contributed by atoms with van der Waals surface area (Å²) in [5.74, 6) is 0.682. The Morgan fingerprint density at radius 1 is 1.35 bits per heavy atom. The van der Waals surface area contributed by atoms with Gasteiger partial charge >= 0.3 is 0 Å². The van der Waals surface area contributed by atoms with Crippen LogP contribution in [-0.4, -0.2) is 19.7 Å². The average molecular weight is 316 g/mol. The first-order valence-corrected chi connectivity index (χ1v) is 6.59. The van der Waals surface area contributed by atoms with Crippen molar-refractivity contribution in [1.29, 1.82) is 0 Å². The predicted octanol–water partition coefficient (Wildman–Crippen LogP) is 3.20. The number of aromatic nitrogens is 4. The Labute approximate surface area is 113 Å². The molecule has 2 heterocycles. The third kappa shape index (κ3) is 2.50. The minimum atomic E-state index is 0.221. The number of rotatable bonds is 3. The smallest absolute Gasteiger partial charge is 0.224 e. The van der Waals surface area contributed by atoms with E-state index in [1.807, 2.05) is 4.68 Å². The van der Waals surface area contributed by atoms with Gasteiger partial charge < -0.3 is 0 Å². The minimum absolute atomic E-state index is 0.221. The molecule has 0 aliphatic heterocycles. The standard InChI is InChI=1S/C11H12BrClN4/c1-3-7-5-8(4-2)17(16-7)10-9(12)6-14-11(13)15-10/h5-6H,3-4H2,1-2H3. The van der Waals surface area contributed by atoms with Crippen molar-refractivity contribution >= 4 is 27.5 Å². The van der Waals surface area contributed by atoms with Crippen LogP contribution in [0.3, 0.4) is 0 Å². The minimum Gasteiger partial charge on any atom is -0.225 e. The first kappa shape index (κ1) is 12.5. The fourth-order valence-corrected chi connectivity index (χ4v) is 2.06. The van der Waals surface area contributed by atoms with Crippen LogP contribution in [0.1, 0.15) is 25.2 Å². The van der Waals surface area contributed by atoms with Gasteiger partial charge in [-0.25, -0.2) is 9.67 Å². The second kappa shape index (κ2) is 5.14. The lowest BCUT2D eigenvalue weighted by Crippen LogP contribution is -2.06. The van der Waals surface area contributed by atoms with E-state index in [0.717, 1.165) is 28.7 Å². The third-order valence-electron chi connectivity index (χ3n) is 2.46. The third-order valence-corrected chi connectivity index (χ3v) is 3.20. The highest BCUT2D eigenvalue weighted by atomic mass is 79.9. The van der Waals surface area contributed by atoms with Crippen LogP contribution in [0.5, 0.6) is 0 Å². The van der Waals surface area contributed by atoms with Crippen LogP contribution in [0.15, 0.2) is 16.7 Å². The lowest BCUT2D eigenvalue weighted by Gasteiger charge is -2.06. The Hall–Kier alpha value is -0.940. The van der Waals surface area contributed by atoms with Gasteiger partial charge in [0.2, 0.25) is 5.28 Å². The van der Waals surface area contributed by atoms with Crippen LogP contribution in [0.25, 0.3) is 5.82 Å². The number of nitrogens with zero attached hydrogens (tertiary/aromatic N) is 4. The maximum Gasteiger partial charge on any atom is 0.224 e. The molecular formula is C11H12BrClN4. The summed E-state index contributed by atoms with van der Waals surface area (Å²) >= 11 is 9.24. The van der Waals surface area contributed by atoms with E-state index in [9.17, 15) is 0 Å². The van der Waals surface area contributed by atoms with Crippen molar-refractivity contribution in [3.63, 3.8) is 0 Å². The summed E-state index contributed by atoms with van der Waals surface area (Å²) in [6, 6.07) is 2.09. The summed E-state index contributed by atoms with van der Waals surface area (Å²) in [6.07, 6.45) is 3.43. The summed E-state index contributed by atoms with van der Waals surface area (Å²) in [5, 5.41) is 4.73. The van der Waals surface area contributed by atoms with Crippen molar-refractivity contribution in [2.24, 2.45) is 0 Å². The quantitative estimate of drug-likeness (QED) is 0.817. The van der Waals surface area contributed by atoms with E-state index in [4.69, 9.17) is 11.6 Å². The summed E-state index contributed by atoms with van der Waals surface area (Å²) in [7, 11) is 0. The Balaban J connectivity index is 2.58. The van der Waals surface area contributed by atoms with E-state index in [2.05, 4.69) is 50.9 Å². The first-order valence-electron chi connectivity index (χ1n) is 5.42. The predicted molar refractivity (Wildman–Crippen MR) is 70.6 cm³/mol. The topological polar surface area (TPSA) is 43.6 Å². The molecule has 2 rings (SSSR count). The zero-order valence-electron chi connectivity index (χ0n) is 9.61. The molecule has 0 N–H and O–H groups in total. The van der Waals surface area contributed by atoms with Gasteiger partial charge in [-0.2, -0.15) is 10.1 Å². The van der Waals surface area contributed by atoms with Crippen molar-refractivity contribution in [2.45, 2.75) is 26.7 Å². The van der Waals surface area contributed by atoms with Crippen LogP contribution in [0.4, 0.5) is 0 Å². The SMILES string of the molecule is CCc1cc(CC)n(-c2nc(Cl)ncc2Br)n1. The molecule has 4 nitrogen and oxygen atoms in total. The van der Waals surface area contributed by atoms with Crippen molar-refractivity contribution < 1.29 is 0 Å². The van der Waals surface area contributed by atoms with Crippen molar-refractivity contribution in [2.75, 3.05) is 0 Å². The highest BCUT2D eigenvalue weighted by molar-refractivity contribution is 9.10. The normalized spacial score (nSPS) is 10.8. The molecule has 17 heavy (non-hydrogen) atoms. The lowest BCUT2D eigenvalue weighted by molar-refractivity contribution is 0.764. The molecule has 0 bridgehead atoms. The summed E-state index contributed by atoms with van der Waals surface area (Å²) < 4.78 is 2.60. The molecule has 0 amide bonds. The number of aryl methyl sites for hydroxylation is 2. The van der Waals surface area contributed by atoms with Crippen LogP contribution in [0.2, 0.25) is 5.28 Å². The molecule has 0 saturated carbocycles. The maximum absolute atomic E-state index is 5.82. The fourth-order valence-electron chi connectivity index (χ4n) is 1.57. The molecule has 0 aromatic carbocycles. The molecule has 0 aliphatic rings. The second-order valence-corrected chi connectivity index (χ2v) is 4.75. The number of halogens is 2. The monoisotopic (exact) mass is 314 g/mol. The largest absolute Gasteiger partial charge is 0.225 e. The molecule has 0 aliphatic carbocycles. The van der Waals surface area contributed by atoms with E-state index in [1.165, 1.54) is 0 Å². The molecule has 2 aromatic rings. The average Bonchev–Trinajstić information content (AvgIpc) is 2.75. The number of hydrogen-bond acceptors (Lipinski definition) is 3. The second-order valence-electron chi connectivity index (χ2n) is 3.56. The summed E-state index contributed by atoms with van der Waals surface area (Å²) in [4.78, 5) is 8.12. The molecule has 2 aromatic heterocycles. The van der Waals surface area contributed by atoms with Crippen LogP contribution < -0.4 is 0 Å². The number of hydrogen-bond donors (Lipinski definition) is 0. The Morgan fingerprint density at radius 3 is 2.76 bits per heavy atom. The van der Waals surface area contributed by atoms with E-state index in [-0.39, 0.29) is 5.28 Å². The van der Waals surface area contributed by atoms with Crippen molar-refractivity contribution in [3.05, 3.63) is 33.4 Å². The van der Waals surface area contributed by atoms with Crippen molar-refractivity contribution in [1.82, 2.24) is 19.7 Å². The van der Waals surface area contributed by atoms with Gasteiger partial charge in [0.15, 0.2) is 5.82 Å². The molecular weight excluding hydrogens is 304 g/mol. The van der Waals surface area contributed by atoms with Gasteiger partial charge in [0.25, 0.3) is 0 Å². The van der Waals surface area contributed by atoms with E-state index in [0.29, 0.717) is 5.82 Å². The van der Waals surface area contributed by atoms with Crippen LogP contribution in [-0.2, 0) is 12.8 Å². The molecule has 0 fully saturated rings. The zero-order valence-corrected chi connectivity index (χ0v) is 12.0. The first-order chi connectivity index (χ1) is 8.15. The Morgan fingerprint density at radius 2 is 2.12 bits per heavy atom. The fraction of sp³-hybridized carbons (Fsp3) is 0.364. The molecule has 0 radical (unpaired) electrons. The van der Waals surface area contributed by atoms with Crippen molar-refractivity contribution in [3.8, 4) is 5.82 Å². The highest BCUT2D eigenvalue weighted by Crippen LogP contribution is 2.21. The highest BCUT2D eigenvalue weighted by Gasteiger charge is 2.12. The molecule has 0 unspecified atom stereocenters. The molecule has 0 spiro atoms. The summed E-state index contributed by atoms with van der Waals surface area (Å²) in [5.41, 5.74) is 2.15. The molecule has 0 saturated heterocycles. The molecule has 0 atom stereocenters. The Bertz CT molecular complexity index is 538.